The summed E-state index contributed by atoms with van der Waals surface area (Å²) in [4.78, 5) is 16.7. The van der Waals surface area contributed by atoms with Crippen molar-refractivity contribution in [2.45, 2.75) is 58.2 Å². The lowest BCUT2D eigenvalue weighted by molar-refractivity contribution is 0.0570. The van der Waals surface area contributed by atoms with E-state index in [9.17, 15) is 4.79 Å². The summed E-state index contributed by atoms with van der Waals surface area (Å²) in [5.74, 6) is 2.16. The Morgan fingerprint density at radius 3 is 1.97 bits per heavy atom. The monoisotopic (exact) mass is 799 g/mol. The van der Waals surface area contributed by atoms with Crippen LogP contribution >= 0.6 is 0 Å². The van der Waals surface area contributed by atoms with Crippen LogP contribution in [0.4, 0.5) is 0 Å². The molecule has 1 amide bonds. The van der Waals surface area contributed by atoms with Crippen LogP contribution in [0.5, 0.6) is 23.0 Å². The molecule has 0 aliphatic carbocycles. The summed E-state index contributed by atoms with van der Waals surface area (Å²) in [6, 6.07) is 32.6. The van der Waals surface area contributed by atoms with Crippen LogP contribution in [-0.4, -0.2) is 79.2 Å². The Balaban J connectivity index is 1.28. The second-order valence-corrected chi connectivity index (χ2v) is 20.6. The van der Waals surface area contributed by atoms with Crippen LogP contribution in [0.3, 0.4) is 0 Å². The minimum atomic E-state index is -2.78. The highest BCUT2D eigenvalue weighted by atomic mass is 28.4. The molecular weight excluding hydrogens is 747 g/mol. The molecule has 0 saturated heterocycles. The maximum atomic E-state index is 14.9. The number of ether oxygens (including phenoxy) is 4. The molecule has 0 radical (unpaired) electrons. The van der Waals surface area contributed by atoms with E-state index < -0.39 is 13.9 Å². The van der Waals surface area contributed by atoms with E-state index in [1.807, 2.05) is 62.8 Å². The number of aryl methyl sites for hydroxylation is 1. The van der Waals surface area contributed by atoms with Crippen LogP contribution in [0.1, 0.15) is 57.1 Å². The van der Waals surface area contributed by atoms with Gasteiger partial charge in [-0.05, 0) is 47.8 Å². The Morgan fingerprint density at radius 2 is 1.43 bits per heavy atom. The quantitative estimate of drug-likeness (QED) is 0.110. The summed E-state index contributed by atoms with van der Waals surface area (Å²) in [7, 11) is 5.77. The van der Waals surface area contributed by atoms with Gasteiger partial charge < -0.3 is 28.3 Å². The summed E-state index contributed by atoms with van der Waals surface area (Å²) >= 11 is 0. The van der Waals surface area contributed by atoms with Gasteiger partial charge in [0, 0.05) is 73.4 Å². The third kappa shape index (κ3) is 7.26. The number of methoxy groups -OCH3 is 3. The largest absolute Gasteiger partial charge is 0.497 e. The smallest absolute Gasteiger partial charge is 0.274 e. The van der Waals surface area contributed by atoms with Crippen LogP contribution in [0.25, 0.3) is 28.2 Å². The van der Waals surface area contributed by atoms with E-state index in [1.54, 1.807) is 41.7 Å². The molecule has 1 aliphatic rings. The number of hydrogen-bond acceptors (Lipinski definition) is 8. The average Bonchev–Trinajstić information content (AvgIpc) is 3.85. The predicted octanol–water partition coefficient (Wildman–Crippen LogP) is 7.68. The first-order valence-electron chi connectivity index (χ1n) is 19.5. The fraction of sp³-hybridized carbons (Fsp3) is 0.326. The normalized spacial score (nSPS) is 12.7. The van der Waals surface area contributed by atoms with Crippen molar-refractivity contribution >= 4 is 24.6 Å². The number of hydrogen-bond donors (Lipinski definition) is 0. The maximum absolute atomic E-state index is 14.9. The number of aromatic nitrogens is 4. The summed E-state index contributed by atoms with van der Waals surface area (Å²) in [6.07, 6.45) is 2.47. The zero-order valence-electron chi connectivity index (χ0n) is 35.1. The van der Waals surface area contributed by atoms with Gasteiger partial charge in [-0.15, -0.1) is 0 Å². The molecule has 0 N–H and O–H groups in total. The standard InChI is InChI=1S/C46H53N5O6Si/c1-45(2,3)58(34-17-13-11-14-18-34,35-19-15-12-16-20-35)57-24-22-46(4,5)50(7)44(52)42-38-30-56-41-29-40(55-10)36(39-21-23-49(6)47-39)28-37(41)43(38)51(48-42)31-25-32(53-8)27-33(26-31)54-9/h11-21,23,25-29H,22,24,30H2,1-10H3. The zero-order chi connectivity index (χ0) is 41.4. The van der Waals surface area contributed by atoms with Gasteiger partial charge in [-0.3, -0.25) is 9.48 Å². The van der Waals surface area contributed by atoms with Crippen LogP contribution in [0.2, 0.25) is 5.04 Å². The van der Waals surface area contributed by atoms with Crippen molar-refractivity contribution in [3.8, 4) is 51.2 Å². The molecule has 0 atom stereocenters. The number of amides is 1. The summed E-state index contributed by atoms with van der Waals surface area (Å²) < 4.78 is 34.3. The van der Waals surface area contributed by atoms with Gasteiger partial charge >= 0.3 is 0 Å². The molecule has 11 nitrogen and oxygen atoms in total. The molecule has 4 aromatic carbocycles. The Bertz CT molecular complexity index is 2360. The lowest BCUT2D eigenvalue weighted by Crippen LogP contribution is -2.66. The Morgan fingerprint density at radius 1 is 0.810 bits per heavy atom. The fourth-order valence-corrected chi connectivity index (χ4v) is 12.5. The minimum absolute atomic E-state index is 0.127. The molecule has 0 spiro atoms. The molecule has 1 aliphatic heterocycles. The van der Waals surface area contributed by atoms with Crippen LogP contribution < -0.4 is 29.3 Å². The summed E-state index contributed by atoms with van der Waals surface area (Å²) in [6.45, 7) is 11.5. The molecule has 6 aromatic rings. The number of rotatable bonds is 13. The van der Waals surface area contributed by atoms with Crippen molar-refractivity contribution in [2.75, 3.05) is 35.0 Å². The summed E-state index contributed by atoms with van der Waals surface area (Å²) in [5.41, 5.74) is 3.99. The fourth-order valence-electron chi connectivity index (χ4n) is 7.90. The highest BCUT2D eigenvalue weighted by Crippen LogP contribution is 2.46. The van der Waals surface area contributed by atoms with Gasteiger partial charge in [0.15, 0.2) is 5.69 Å². The molecule has 58 heavy (non-hydrogen) atoms. The van der Waals surface area contributed by atoms with E-state index >= 15 is 0 Å². The number of fused-ring (bicyclic) bond motifs is 3. The maximum Gasteiger partial charge on any atom is 0.274 e. The number of carbonyl (C=O) groups is 1. The van der Waals surface area contributed by atoms with E-state index in [0.29, 0.717) is 53.0 Å². The first-order valence-corrected chi connectivity index (χ1v) is 21.4. The molecular formula is C46H53N5O6Si. The van der Waals surface area contributed by atoms with Crippen molar-refractivity contribution in [1.29, 1.82) is 0 Å². The van der Waals surface area contributed by atoms with Gasteiger partial charge in [-0.2, -0.15) is 10.2 Å². The van der Waals surface area contributed by atoms with E-state index in [2.05, 4.69) is 88.2 Å². The van der Waals surface area contributed by atoms with E-state index in [0.717, 1.165) is 22.5 Å². The predicted molar refractivity (Wildman–Crippen MR) is 230 cm³/mol. The van der Waals surface area contributed by atoms with Crippen molar-refractivity contribution < 1.29 is 28.2 Å². The highest BCUT2D eigenvalue weighted by molar-refractivity contribution is 6.99. The van der Waals surface area contributed by atoms with Crippen LogP contribution in [0, 0.1) is 0 Å². The molecule has 3 heterocycles. The van der Waals surface area contributed by atoms with Gasteiger partial charge in [0.05, 0.1) is 38.4 Å². The first kappa shape index (κ1) is 40.3. The number of benzene rings is 4. The zero-order valence-corrected chi connectivity index (χ0v) is 36.1. The lowest BCUT2D eigenvalue weighted by atomic mass is 9.96. The average molecular weight is 800 g/mol. The van der Waals surface area contributed by atoms with E-state index in [1.165, 1.54) is 10.4 Å². The second kappa shape index (κ2) is 15.8. The SMILES string of the molecule is COc1cc(OC)cc(-n2nc(C(=O)N(C)C(C)(C)CCO[Si](c3ccccc3)(c3ccccc3)C(C)(C)C)c3c2-c2cc(-c4ccn(C)n4)c(OC)cc2OC3)c1. The van der Waals surface area contributed by atoms with Crippen molar-refractivity contribution in [3.63, 3.8) is 0 Å². The van der Waals surface area contributed by atoms with Gasteiger partial charge in [-0.1, -0.05) is 81.4 Å². The Hall–Kier alpha value is -5.85. The van der Waals surface area contributed by atoms with Crippen LogP contribution in [-0.2, 0) is 18.1 Å². The third-order valence-electron chi connectivity index (χ3n) is 11.3. The van der Waals surface area contributed by atoms with Crippen LogP contribution in [0.15, 0.2) is 103 Å². The van der Waals surface area contributed by atoms with Gasteiger partial charge in [-0.25, -0.2) is 4.68 Å². The van der Waals surface area contributed by atoms with E-state index in [-0.39, 0.29) is 17.6 Å². The molecule has 302 valence electrons. The molecule has 7 rings (SSSR count). The second-order valence-electron chi connectivity index (χ2n) is 16.3. The van der Waals surface area contributed by atoms with Gasteiger partial charge in [0.25, 0.3) is 14.2 Å². The highest BCUT2D eigenvalue weighted by Gasteiger charge is 2.50. The van der Waals surface area contributed by atoms with Gasteiger partial charge in [0.2, 0.25) is 0 Å². The molecule has 2 aromatic heterocycles. The molecule has 0 bridgehead atoms. The Kier molecular flexibility index (Phi) is 11.0. The minimum Gasteiger partial charge on any atom is -0.497 e. The molecule has 0 fully saturated rings. The topological polar surface area (TPSA) is 102 Å². The number of nitrogens with zero attached hydrogens (tertiary/aromatic N) is 5. The van der Waals surface area contributed by atoms with E-state index in [4.69, 9.17) is 28.5 Å². The first-order chi connectivity index (χ1) is 27.7. The molecule has 12 heteroatoms. The lowest BCUT2D eigenvalue weighted by Gasteiger charge is -2.44. The number of carbonyl (C=O) groups excluding carboxylic acids is 1. The molecule has 0 unspecified atom stereocenters. The van der Waals surface area contributed by atoms with Gasteiger partial charge in [0.1, 0.15) is 29.6 Å². The van der Waals surface area contributed by atoms with Crippen molar-refractivity contribution in [3.05, 3.63) is 115 Å². The molecule has 0 saturated carbocycles. The van der Waals surface area contributed by atoms with Crippen molar-refractivity contribution in [2.24, 2.45) is 7.05 Å². The summed E-state index contributed by atoms with van der Waals surface area (Å²) in [5, 5.41) is 12.0. The third-order valence-corrected chi connectivity index (χ3v) is 16.4. The Labute approximate surface area is 342 Å². The van der Waals surface area contributed by atoms with Crippen molar-refractivity contribution in [1.82, 2.24) is 24.5 Å².